The lowest BCUT2D eigenvalue weighted by Gasteiger charge is -2.34. The lowest BCUT2D eigenvalue weighted by molar-refractivity contribution is -0.115. The molecule has 10 nitrogen and oxygen atoms in total. The van der Waals surface area contributed by atoms with Crippen molar-refractivity contribution in [3.05, 3.63) is 113 Å². The van der Waals surface area contributed by atoms with Crippen molar-refractivity contribution < 1.29 is 18.0 Å². The van der Waals surface area contributed by atoms with Gasteiger partial charge in [-0.25, -0.2) is 8.42 Å². The number of ketones is 1. The lowest BCUT2D eigenvalue weighted by Crippen LogP contribution is -2.44. The number of nitrogens with zero attached hydrogens (tertiary/aromatic N) is 4. The van der Waals surface area contributed by atoms with Crippen molar-refractivity contribution in [2.75, 3.05) is 48.2 Å². The van der Waals surface area contributed by atoms with Crippen LogP contribution >= 0.6 is 0 Å². The van der Waals surface area contributed by atoms with Gasteiger partial charge < -0.3 is 15.1 Å². The predicted octanol–water partition coefficient (Wildman–Crippen LogP) is 4.78. The van der Waals surface area contributed by atoms with E-state index in [0.29, 0.717) is 11.3 Å². The number of carbonyl (C=O) groups is 2. The Kier molecular flexibility index (Phi) is 8.17. The van der Waals surface area contributed by atoms with Gasteiger partial charge in [0.1, 0.15) is 5.92 Å². The van der Waals surface area contributed by atoms with Gasteiger partial charge in [-0.1, -0.05) is 30.3 Å². The number of hydrogen-bond acceptors (Lipinski definition) is 8. The van der Waals surface area contributed by atoms with Gasteiger partial charge in [0.15, 0.2) is 5.78 Å². The van der Waals surface area contributed by atoms with E-state index in [1.165, 1.54) is 36.4 Å². The molecule has 0 bridgehead atoms. The third-order valence-corrected chi connectivity index (χ3v) is 9.31. The van der Waals surface area contributed by atoms with E-state index in [9.17, 15) is 18.0 Å². The minimum atomic E-state index is -3.98. The van der Waals surface area contributed by atoms with Crippen LogP contribution in [0.4, 0.5) is 22.7 Å². The first-order valence-corrected chi connectivity index (χ1v) is 15.9. The second kappa shape index (κ2) is 12.4. The van der Waals surface area contributed by atoms with Gasteiger partial charge in [-0.15, -0.1) is 0 Å². The average molecular weight is 619 g/mol. The van der Waals surface area contributed by atoms with Gasteiger partial charge in [0, 0.05) is 60.6 Å². The number of sulfonamides is 1. The number of rotatable bonds is 8. The number of nitriles is 1. The zero-order valence-electron chi connectivity index (χ0n) is 24.5. The van der Waals surface area contributed by atoms with Crippen molar-refractivity contribution in [3.63, 3.8) is 0 Å². The summed E-state index contributed by atoms with van der Waals surface area (Å²) in [6.45, 7) is 4.01. The fraction of sp³-hybridized carbons (Fsp3) is 0.176. The number of nitrogens with one attached hydrogen (secondary N) is 2. The molecule has 0 saturated carbocycles. The molecule has 4 aromatic carbocycles. The van der Waals surface area contributed by atoms with Crippen molar-refractivity contribution >= 4 is 50.7 Å². The van der Waals surface area contributed by atoms with Crippen LogP contribution in [0.5, 0.6) is 0 Å². The maximum absolute atomic E-state index is 13.4. The number of carbonyl (C=O) groups excluding carboxylic acids is 2. The number of likely N-dealkylation sites (N-methyl/N-ethyl adjacent to an activating group) is 1. The predicted molar refractivity (Wildman–Crippen MR) is 174 cm³/mol. The maximum Gasteiger partial charge on any atom is 0.261 e. The molecule has 1 fully saturated rings. The molecule has 11 heteroatoms. The minimum Gasteiger partial charge on any atom is -0.369 e. The molecular formula is C34H30N6O4S. The number of fused-ring (bicyclic) bond motifs is 1. The van der Waals surface area contributed by atoms with Gasteiger partial charge in [0.25, 0.3) is 10.0 Å². The van der Waals surface area contributed by atoms with Crippen LogP contribution in [0, 0.1) is 11.3 Å². The normalized spacial score (nSPS) is 16.7. The quantitative estimate of drug-likeness (QED) is 0.214. The van der Waals surface area contributed by atoms with Crippen molar-refractivity contribution in [3.8, 4) is 6.07 Å². The maximum atomic E-state index is 13.4. The molecule has 0 aliphatic carbocycles. The molecule has 226 valence electrons. The molecule has 2 N–H and O–H groups in total. The molecule has 4 aromatic rings. The fourth-order valence-electron chi connectivity index (χ4n) is 5.39. The summed E-state index contributed by atoms with van der Waals surface area (Å²) in [6, 6.07) is 26.7. The minimum absolute atomic E-state index is 0.0617. The van der Waals surface area contributed by atoms with Crippen LogP contribution < -0.4 is 14.9 Å². The Morgan fingerprint density at radius 1 is 0.956 bits per heavy atom. The summed E-state index contributed by atoms with van der Waals surface area (Å²) in [5.41, 5.74) is 4.17. The Hall–Kier alpha value is -5.31. The molecule has 1 amide bonds. The van der Waals surface area contributed by atoms with E-state index in [0.717, 1.165) is 43.1 Å². The zero-order chi connectivity index (χ0) is 31.6. The molecular weight excluding hydrogens is 588 g/mol. The highest BCUT2D eigenvalue weighted by atomic mass is 32.2. The first-order valence-electron chi connectivity index (χ1n) is 14.4. The number of aliphatic imine (C=N–C) groups is 1. The summed E-state index contributed by atoms with van der Waals surface area (Å²) in [7, 11) is -1.86. The molecule has 1 unspecified atom stereocenters. The number of anilines is 3. The first-order chi connectivity index (χ1) is 21.7. The van der Waals surface area contributed by atoms with Crippen LogP contribution in [-0.4, -0.2) is 64.4 Å². The molecule has 45 heavy (non-hydrogen) atoms. The SMILES string of the molecule is CN1CCN(c2ccc(N=CC3C(=O)Nc4cc(C(=O)c5cccc(NS(=O)(=O)c6cccc(C#N)c6)c5)ccc43)cc2)CC1. The third-order valence-electron chi connectivity index (χ3n) is 7.93. The Morgan fingerprint density at radius 2 is 1.69 bits per heavy atom. The molecule has 0 spiro atoms. The van der Waals surface area contributed by atoms with Gasteiger partial charge in [-0.2, -0.15) is 5.26 Å². The van der Waals surface area contributed by atoms with Crippen LogP contribution in [0.1, 0.15) is 33.0 Å². The number of piperazine rings is 1. The van der Waals surface area contributed by atoms with E-state index in [-0.39, 0.29) is 33.4 Å². The lowest BCUT2D eigenvalue weighted by atomic mass is 9.97. The standard InChI is InChI=1S/C34H30N6O4S/c1-39-14-16-40(17-15-39)28-11-9-26(10-12-28)36-22-31-30-13-8-25(20-32(30)37-34(31)42)33(41)24-5-3-6-27(19-24)38-45(43,44)29-7-2-4-23(18-29)21-35/h2-13,18-20,22,31,38H,14-17H2,1H3,(H,37,42). The molecule has 0 radical (unpaired) electrons. The topological polar surface area (TPSA) is 135 Å². The summed E-state index contributed by atoms with van der Waals surface area (Å²) in [5.74, 6) is -1.17. The van der Waals surface area contributed by atoms with E-state index < -0.39 is 15.9 Å². The number of benzene rings is 4. The van der Waals surface area contributed by atoms with Crippen LogP contribution in [0.25, 0.3) is 0 Å². The van der Waals surface area contributed by atoms with Crippen LogP contribution in [0.3, 0.4) is 0 Å². The second-order valence-corrected chi connectivity index (χ2v) is 12.7. The van der Waals surface area contributed by atoms with Crippen molar-refractivity contribution in [2.24, 2.45) is 4.99 Å². The van der Waals surface area contributed by atoms with Gasteiger partial charge in [-0.3, -0.25) is 19.3 Å². The van der Waals surface area contributed by atoms with Crippen molar-refractivity contribution in [1.82, 2.24) is 4.90 Å². The van der Waals surface area contributed by atoms with Gasteiger partial charge in [-0.05, 0) is 73.3 Å². The summed E-state index contributed by atoms with van der Waals surface area (Å²) in [5, 5.41) is 12.0. The van der Waals surface area contributed by atoms with E-state index in [1.807, 2.05) is 30.3 Å². The smallest absolute Gasteiger partial charge is 0.261 e. The highest BCUT2D eigenvalue weighted by molar-refractivity contribution is 7.92. The van der Waals surface area contributed by atoms with Crippen molar-refractivity contribution in [2.45, 2.75) is 10.8 Å². The van der Waals surface area contributed by atoms with Crippen molar-refractivity contribution in [1.29, 1.82) is 5.26 Å². The fourth-order valence-corrected chi connectivity index (χ4v) is 6.48. The Bertz CT molecular complexity index is 1960. The van der Waals surface area contributed by atoms with E-state index in [1.54, 1.807) is 36.5 Å². The average Bonchev–Trinajstić information content (AvgIpc) is 3.37. The van der Waals surface area contributed by atoms with E-state index >= 15 is 0 Å². The summed E-state index contributed by atoms with van der Waals surface area (Å²) in [4.78, 5) is 35.4. The highest BCUT2D eigenvalue weighted by Gasteiger charge is 2.30. The number of hydrogen-bond donors (Lipinski definition) is 2. The Labute approximate surface area is 261 Å². The van der Waals surface area contributed by atoms with Crippen LogP contribution in [0.15, 0.2) is 101 Å². The highest BCUT2D eigenvalue weighted by Crippen LogP contribution is 2.34. The van der Waals surface area contributed by atoms with E-state index in [2.05, 4.69) is 31.9 Å². The Balaban J connectivity index is 1.15. The molecule has 2 aliphatic rings. The monoisotopic (exact) mass is 618 g/mol. The second-order valence-electron chi connectivity index (χ2n) is 11.0. The summed E-state index contributed by atoms with van der Waals surface area (Å²) >= 11 is 0. The zero-order valence-corrected chi connectivity index (χ0v) is 25.3. The largest absolute Gasteiger partial charge is 0.369 e. The molecule has 6 rings (SSSR count). The molecule has 0 aromatic heterocycles. The van der Waals surface area contributed by atoms with Crippen LogP contribution in [-0.2, 0) is 14.8 Å². The summed E-state index contributed by atoms with van der Waals surface area (Å²) < 4.78 is 28.2. The van der Waals surface area contributed by atoms with Gasteiger partial charge in [0.2, 0.25) is 5.91 Å². The molecule has 2 aliphatic heterocycles. The first kappa shape index (κ1) is 29.7. The summed E-state index contributed by atoms with van der Waals surface area (Å²) in [6.07, 6.45) is 1.62. The van der Waals surface area contributed by atoms with Gasteiger partial charge >= 0.3 is 0 Å². The third kappa shape index (κ3) is 6.47. The van der Waals surface area contributed by atoms with Crippen LogP contribution in [0.2, 0.25) is 0 Å². The molecule has 2 heterocycles. The van der Waals surface area contributed by atoms with E-state index in [4.69, 9.17) is 5.26 Å². The Morgan fingerprint density at radius 3 is 2.44 bits per heavy atom. The number of amides is 1. The van der Waals surface area contributed by atoms with Gasteiger partial charge in [0.05, 0.1) is 22.2 Å². The molecule has 1 saturated heterocycles. The molecule has 1 atom stereocenters.